The minimum absolute atomic E-state index is 0.132. The quantitative estimate of drug-likeness (QED) is 0.622. The van der Waals surface area contributed by atoms with Gasteiger partial charge in [0.1, 0.15) is 5.76 Å². The molecule has 1 saturated carbocycles. The van der Waals surface area contributed by atoms with Crippen molar-refractivity contribution >= 4 is 23.3 Å². The van der Waals surface area contributed by atoms with Crippen molar-refractivity contribution < 1.29 is 14.0 Å². The van der Waals surface area contributed by atoms with Crippen LogP contribution >= 0.6 is 11.5 Å². The first kappa shape index (κ1) is 20.3. The van der Waals surface area contributed by atoms with E-state index in [-0.39, 0.29) is 30.1 Å². The average Bonchev–Trinajstić information content (AvgIpc) is 3.52. The predicted molar refractivity (Wildman–Crippen MR) is 113 cm³/mol. The zero-order valence-corrected chi connectivity index (χ0v) is 17.6. The zero-order valence-electron chi connectivity index (χ0n) is 16.8. The maximum Gasteiger partial charge on any atom is 0.276 e. The lowest BCUT2D eigenvalue weighted by Gasteiger charge is -2.30. The number of benzene rings is 1. The van der Waals surface area contributed by atoms with Crippen LogP contribution in [0, 0.1) is 6.92 Å². The lowest BCUT2D eigenvalue weighted by atomic mass is 10.1. The smallest absolute Gasteiger partial charge is 0.276 e. The molecule has 1 fully saturated rings. The Morgan fingerprint density at radius 3 is 2.63 bits per heavy atom. The molecule has 7 nitrogen and oxygen atoms in total. The van der Waals surface area contributed by atoms with Gasteiger partial charge in [0.15, 0.2) is 11.7 Å². The first-order valence-electron chi connectivity index (χ1n) is 10.1. The maximum absolute atomic E-state index is 13.4. The van der Waals surface area contributed by atoms with Crippen molar-refractivity contribution in [2.45, 2.75) is 51.2 Å². The number of rotatable bonds is 7. The fourth-order valence-corrected chi connectivity index (χ4v) is 4.23. The van der Waals surface area contributed by atoms with Gasteiger partial charge < -0.3 is 14.6 Å². The van der Waals surface area contributed by atoms with Crippen molar-refractivity contribution in [3.63, 3.8) is 0 Å². The fraction of sp³-hybridized carbons (Fsp3) is 0.364. The zero-order chi connectivity index (χ0) is 20.9. The van der Waals surface area contributed by atoms with Crippen molar-refractivity contribution in [1.82, 2.24) is 19.8 Å². The molecule has 2 aromatic heterocycles. The third-order valence-corrected chi connectivity index (χ3v) is 5.89. The van der Waals surface area contributed by atoms with E-state index >= 15 is 0 Å². The van der Waals surface area contributed by atoms with Crippen LogP contribution in [0.1, 0.15) is 59.1 Å². The molecule has 0 bridgehead atoms. The molecule has 2 amide bonds. The molecule has 1 N–H and O–H groups in total. The van der Waals surface area contributed by atoms with Crippen LogP contribution in [0.4, 0.5) is 0 Å². The van der Waals surface area contributed by atoms with Gasteiger partial charge in [-0.05, 0) is 49.0 Å². The molecule has 156 valence electrons. The number of hydrogen-bond donors (Lipinski definition) is 1. The molecule has 8 heteroatoms. The van der Waals surface area contributed by atoms with Gasteiger partial charge in [-0.2, -0.15) is 0 Å². The third-order valence-electron chi connectivity index (χ3n) is 5.39. The highest BCUT2D eigenvalue weighted by Crippen LogP contribution is 2.27. The van der Waals surface area contributed by atoms with Crippen molar-refractivity contribution in [2.75, 3.05) is 0 Å². The van der Waals surface area contributed by atoms with E-state index in [1.807, 2.05) is 31.2 Å². The van der Waals surface area contributed by atoms with Gasteiger partial charge in [0, 0.05) is 18.0 Å². The monoisotopic (exact) mass is 424 g/mol. The van der Waals surface area contributed by atoms with Crippen LogP contribution in [0.15, 0.2) is 52.5 Å². The maximum atomic E-state index is 13.4. The molecule has 0 unspecified atom stereocenters. The highest BCUT2D eigenvalue weighted by Gasteiger charge is 2.36. The highest BCUT2D eigenvalue weighted by atomic mass is 32.1. The molecule has 0 saturated heterocycles. The van der Waals surface area contributed by atoms with Crippen LogP contribution < -0.4 is 5.32 Å². The van der Waals surface area contributed by atoms with Gasteiger partial charge >= 0.3 is 0 Å². The van der Waals surface area contributed by atoms with E-state index in [2.05, 4.69) is 14.9 Å². The summed E-state index contributed by atoms with van der Waals surface area (Å²) in [7, 11) is 0. The van der Waals surface area contributed by atoms with Gasteiger partial charge in [-0.15, -0.1) is 5.10 Å². The van der Waals surface area contributed by atoms with Gasteiger partial charge in [0.25, 0.3) is 11.8 Å². The summed E-state index contributed by atoms with van der Waals surface area (Å²) < 4.78 is 9.41. The molecule has 4 rings (SSSR count). The molecule has 0 radical (unpaired) electrons. The van der Waals surface area contributed by atoms with E-state index in [0.717, 1.165) is 48.3 Å². The van der Waals surface area contributed by atoms with Crippen LogP contribution in [-0.4, -0.2) is 32.3 Å². The van der Waals surface area contributed by atoms with Crippen molar-refractivity contribution in [2.24, 2.45) is 0 Å². The number of aryl methyl sites for hydroxylation is 1. The normalized spacial score (nSPS) is 15.1. The number of nitrogens with one attached hydrogen (secondary N) is 1. The Bertz CT molecular complexity index is 965. The first-order valence-corrected chi connectivity index (χ1v) is 10.9. The standard InChI is InChI=1S/C22H24N4O3S/c1-15-8-10-16(11-9-15)13-26(22(28)18-14-30-25-24-18)20(19-7-4-12-29-19)21(27)23-17-5-2-3-6-17/h4,7-12,14,17,20H,2-3,5-6,13H2,1H3,(H,23,27)/t20-/m0/s1. The number of furan rings is 1. The summed E-state index contributed by atoms with van der Waals surface area (Å²) in [4.78, 5) is 28.2. The number of hydrogen-bond acceptors (Lipinski definition) is 6. The van der Waals surface area contributed by atoms with Gasteiger partial charge in [-0.3, -0.25) is 9.59 Å². The molecule has 2 heterocycles. The summed E-state index contributed by atoms with van der Waals surface area (Å²) in [6, 6.07) is 10.6. The third kappa shape index (κ3) is 4.59. The Kier molecular flexibility index (Phi) is 6.23. The second-order valence-corrected chi connectivity index (χ2v) is 8.23. The number of aromatic nitrogens is 2. The highest BCUT2D eigenvalue weighted by molar-refractivity contribution is 7.03. The van der Waals surface area contributed by atoms with E-state index in [1.165, 1.54) is 11.2 Å². The fourth-order valence-electron chi connectivity index (χ4n) is 3.80. The summed E-state index contributed by atoms with van der Waals surface area (Å²) in [5.41, 5.74) is 2.27. The number of amides is 2. The molecule has 0 spiro atoms. The van der Waals surface area contributed by atoms with Gasteiger partial charge in [0.2, 0.25) is 0 Å². The summed E-state index contributed by atoms with van der Waals surface area (Å²) in [5, 5.41) is 8.65. The summed E-state index contributed by atoms with van der Waals surface area (Å²) >= 11 is 1.10. The predicted octanol–water partition coefficient (Wildman–Crippen LogP) is 3.88. The molecule has 1 aliphatic carbocycles. The Morgan fingerprint density at radius 1 is 1.23 bits per heavy atom. The largest absolute Gasteiger partial charge is 0.467 e. The van der Waals surface area contributed by atoms with Gasteiger partial charge in [0.05, 0.1) is 6.26 Å². The van der Waals surface area contributed by atoms with Crippen LogP contribution in [0.5, 0.6) is 0 Å². The lowest BCUT2D eigenvalue weighted by molar-refractivity contribution is -0.127. The Balaban J connectivity index is 1.68. The van der Waals surface area contributed by atoms with Crippen LogP contribution in [-0.2, 0) is 11.3 Å². The molecule has 0 aliphatic heterocycles. The average molecular weight is 425 g/mol. The summed E-state index contributed by atoms with van der Waals surface area (Å²) in [5.74, 6) is -0.165. The Labute approximate surface area is 179 Å². The molecule has 1 aliphatic rings. The van der Waals surface area contributed by atoms with Crippen LogP contribution in [0.2, 0.25) is 0 Å². The minimum Gasteiger partial charge on any atom is -0.467 e. The molecule has 3 aromatic rings. The minimum atomic E-state index is -0.892. The van der Waals surface area contributed by atoms with E-state index < -0.39 is 6.04 Å². The van der Waals surface area contributed by atoms with Crippen LogP contribution in [0.3, 0.4) is 0 Å². The van der Waals surface area contributed by atoms with E-state index in [0.29, 0.717) is 5.76 Å². The molecule has 1 aromatic carbocycles. The van der Waals surface area contributed by atoms with E-state index in [1.54, 1.807) is 17.5 Å². The summed E-state index contributed by atoms with van der Waals surface area (Å²) in [6.45, 7) is 2.26. The second kappa shape index (κ2) is 9.21. The van der Waals surface area contributed by atoms with Gasteiger partial charge in [-0.1, -0.05) is 47.2 Å². The lowest BCUT2D eigenvalue weighted by Crippen LogP contribution is -2.45. The Hall–Kier alpha value is -3.00. The van der Waals surface area contributed by atoms with Crippen molar-refractivity contribution in [3.05, 3.63) is 70.6 Å². The number of carbonyl (C=O) groups excluding carboxylic acids is 2. The SMILES string of the molecule is Cc1ccc(CN(C(=O)c2csnn2)[C@H](C(=O)NC2CCCC2)c2ccco2)cc1. The van der Waals surface area contributed by atoms with E-state index in [4.69, 9.17) is 4.42 Å². The first-order chi connectivity index (χ1) is 14.6. The topological polar surface area (TPSA) is 88.3 Å². The molecular weight excluding hydrogens is 400 g/mol. The molecular formula is C22H24N4O3S. The van der Waals surface area contributed by atoms with Crippen LogP contribution in [0.25, 0.3) is 0 Å². The summed E-state index contributed by atoms with van der Waals surface area (Å²) in [6.07, 6.45) is 5.64. The van der Waals surface area contributed by atoms with Crippen molar-refractivity contribution in [1.29, 1.82) is 0 Å². The number of nitrogens with zero attached hydrogens (tertiary/aromatic N) is 3. The molecule has 30 heavy (non-hydrogen) atoms. The molecule has 1 atom stereocenters. The number of carbonyl (C=O) groups is 2. The van der Waals surface area contributed by atoms with Crippen molar-refractivity contribution in [3.8, 4) is 0 Å². The Morgan fingerprint density at radius 2 is 2.00 bits per heavy atom. The van der Waals surface area contributed by atoms with E-state index in [9.17, 15) is 9.59 Å². The second-order valence-electron chi connectivity index (χ2n) is 7.62. The van der Waals surface area contributed by atoms with Gasteiger partial charge in [-0.25, -0.2) is 0 Å².